The van der Waals surface area contributed by atoms with Crippen molar-refractivity contribution >= 4 is 22.8 Å². The van der Waals surface area contributed by atoms with Crippen molar-refractivity contribution in [3.63, 3.8) is 0 Å². The van der Waals surface area contributed by atoms with Crippen molar-refractivity contribution in [1.29, 1.82) is 0 Å². The Morgan fingerprint density at radius 2 is 1.58 bits per heavy atom. The van der Waals surface area contributed by atoms with E-state index in [1.165, 1.54) is 34.9 Å². The van der Waals surface area contributed by atoms with Crippen molar-refractivity contribution in [2.45, 2.75) is 63.5 Å². The highest BCUT2D eigenvalue weighted by atomic mass is 19.1. The van der Waals surface area contributed by atoms with Crippen LogP contribution in [0.2, 0.25) is 0 Å². The molecule has 7 rings (SSSR count). The molecule has 11 heteroatoms. The van der Waals surface area contributed by atoms with E-state index >= 15 is 4.39 Å². The second-order valence-electron chi connectivity index (χ2n) is 11.8. The Bertz CT molecular complexity index is 1810. The number of carbonyl (C=O) groups excluding carboxylic acids is 1. The molecular weight excluding hydrogens is 552 g/mol. The van der Waals surface area contributed by atoms with Gasteiger partial charge in [0, 0.05) is 42.6 Å². The highest BCUT2D eigenvalue weighted by Crippen LogP contribution is 2.47. The SMILES string of the molecule is C=CC(=O)N1[C@H](C)CN(c2nc(=O)n(-c3c(C4CC4)ncnc3C3CC3)c3nc(-c4ccccc4F)c(F)cc23)C[C@@H]1C. The molecule has 3 fully saturated rings. The van der Waals surface area contributed by atoms with Crippen molar-refractivity contribution in [2.75, 3.05) is 18.0 Å². The van der Waals surface area contributed by atoms with Gasteiger partial charge in [-0.3, -0.25) is 4.79 Å². The van der Waals surface area contributed by atoms with E-state index in [4.69, 9.17) is 0 Å². The Balaban J connectivity index is 1.49. The quantitative estimate of drug-likeness (QED) is 0.299. The molecule has 2 aliphatic carbocycles. The van der Waals surface area contributed by atoms with Crippen molar-refractivity contribution in [2.24, 2.45) is 0 Å². The highest BCUT2D eigenvalue weighted by molar-refractivity contribution is 5.91. The molecule has 4 heterocycles. The topological polar surface area (TPSA) is 97.1 Å². The summed E-state index contributed by atoms with van der Waals surface area (Å²) in [5.41, 5.74) is 1.44. The van der Waals surface area contributed by atoms with Gasteiger partial charge in [0.1, 0.15) is 29.5 Å². The molecule has 43 heavy (non-hydrogen) atoms. The molecule has 0 radical (unpaired) electrons. The second kappa shape index (κ2) is 10.3. The summed E-state index contributed by atoms with van der Waals surface area (Å²) in [6.07, 6.45) is 6.61. The van der Waals surface area contributed by atoms with E-state index in [9.17, 15) is 14.0 Å². The number of anilines is 1. The summed E-state index contributed by atoms with van der Waals surface area (Å²) >= 11 is 0. The Hall–Kier alpha value is -4.54. The zero-order valence-electron chi connectivity index (χ0n) is 24.0. The average molecular weight is 584 g/mol. The number of nitrogens with zero attached hydrogens (tertiary/aromatic N) is 7. The maximum absolute atomic E-state index is 15.9. The minimum Gasteiger partial charge on any atom is -0.352 e. The monoisotopic (exact) mass is 583 g/mol. The average Bonchev–Trinajstić information content (AvgIpc) is 3.91. The molecule has 3 aromatic heterocycles. The van der Waals surface area contributed by atoms with Crippen LogP contribution in [0.1, 0.15) is 62.8 Å². The Labute approximate surface area is 246 Å². The van der Waals surface area contributed by atoms with E-state index < -0.39 is 17.3 Å². The molecule has 1 aromatic carbocycles. The third kappa shape index (κ3) is 4.67. The number of rotatable bonds is 6. The normalized spacial score (nSPS) is 20.5. The zero-order chi connectivity index (χ0) is 30.0. The number of benzene rings is 1. The predicted octanol–water partition coefficient (Wildman–Crippen LogP) is 4.88. The van der Waals surface area contributed by atoms with Crippen LogP contribution in [-0.2, 0) is 4.79 Å². The van der Waals surface area contributed by atoms with Crippen molar-refractivity contribution < 1.29 is 13.6 Å². The third-order valence-electron chi connectivity index (χ3n) is 8.61. The fourth-order valence-electron chi connectivity index (χ4n) is 6.37. The number of hydrogen-bond donors (Lipinski definition) is 0. The first kappa shape index (κ1) is 27.3. The van der Waals surface area contributed by atoms with Crippen LogP contribution in [0.4, 0.5) is 14.6 Å². The van der Waals surface area contributed by atoms with Crippen LogP contribution in [0.25, 0.3) is 28.0 Å². The van der Waals surface area contributed by atoms with Crippen LogP contribution in [-0.4, -0.2) is 60.5 Å². The number of halogens is 2. The largest absolute Gasteiger partial charge is 0.355 e. The van der Waals surface area contributed by atoms with Gasteiger partial charge in [-0.1, -0.05) is 18.7 Å². The standard InChI is InChI=1S/C32H31F2N7O2/c1-4-25(42)40-17(2)14-39(15-18(40)3)30-22-13-24(34)28(21-7-5-6-8-23(21)33)37-31(22)41(32(43)38-30)29-26(19-9-10-19)35-16-36-27(29)20-11-12-20/h4-8,13,16-20H,1,9-12,14-15H2,2-3H3/t17-,18+. The molecule has 0 unspecified atom stereocenters. The lowest BCUT2D eigenvalue weighted by Crippen LogP contribution is -2.58. The second-order valence-corrected chi connectivity index (χ2v) is 11.8. The van der Waals surface area contributed by atoms with Gasteiger partial charge in [0.05, 0.1) is 22.5 Å². The Morgan fingerprint density at radius 3 is 2.16 bits per heavy atom. The van der Waals surface area contributed by atoms with E-state index in [1.807, 2.05) is 18.7 Å². The van der Waals surface area contributed by atoms with Gasteiger partial charge < -0.3 is 9.80 Å². The Kier molecular flexibility index (Phi) is 6.55. The first-order valence-corrected chi connectivity index (χ1v) is 14.7. The van der Waals surface area contributed by atoms with Gasteiger partial charge in [-0.25, -0.2) is 33.1 Å². The number of fused-ring (bicyclic) bond motifs is 1. The molecule has 1 saturated heterocycles. The summed E-state index contributed by atoms with van der Waals surface area (Å²) in [5, 5.41) is 0.312. The number of pyridine rings is 1. The lowest BCUT2D eigenvalue weighted by Gasteiger charge is -2.44. The molecule has 2 saturated carbocycles. The van der Waals surface area contributed by atoms with Crippen molar-refractivity contribution in [3.05, 3.63) is 82.8 Å². The first-order chi connectivity index (χ1) is 20.8. The number of piperazine rings is 1. The molecule has 3 aliphatic rings. The molecule has 4 aromatic rings. The summed E-state index contributed by atoms with van der Waals surface area (Å²) in [7, 11) is 0. The minimum atomic E-state index is -0.735. The van der Waals surface area contributed by atoms with Crippen LogP contribution in [0.15, 0.2) is 54.1 Å². The summed E-state index contributed by atoms with van der Waals surface area (Å²) in [4.78, 5) is 48.7. The summed E-state index contributed by atoms with van der Waals surface area (Å²) in [6.45, 7) is 8.17. The predicted molar refractivity (Wildman–Crippen MR) is 158 cm³/mol. The van der Waals surface area contributed by atoms with Crippen molar-refractivity contribution in [3.8, 4) is 16.9 Å². The molecule has 1 aliphatic heterocycles. The summed E-state index contributed by atoms with van der Waals surface area (Å²) in [6, 6.07) is 6.69. The summed E-state index contributed by atoms with van der Waals surface area (Å²) < 4.78 is 32.3. The fourth-order valence-corrected chi connectivity index (χ4v) is 6.37. The third-order valence-corrected chi connectivity index (χ3v) is 8.61. The van der Waals surface area contributed by atoms with Crippen LogP contribution in [0.3, 0.4) is 0 Å². The summed E-state index contributed by atoms with van der Waals surface area (Å²) in [5.74, 6) is -0.907. The first-order valence-electron chi connectivity index (χ1n) is 14.7. The van der Waals surface area contributed by atoms with Gasteiger partial charge in [0.15, 0.2) is 5.65 Å². The molecule has 0 spiro atoms. The molecule has 0 bridgehead atoms. The van der Waals surface area contributed by atoms with E-state index in [0.717, 1.165) is 37.1 Å². The highest BCUT2D eigenvalue weighted by Gasteiger charge is 2.38. The van der Waals surface area contributed by atoms with Gasteiger partial charge in [-0.05, 0) is 63.8 Å². The fraction of sp³-hybridized carbons (Fsp3) is 0.375. The lowest BCUT2D eigenvalue weighted by atomic mass is 10.1. The number of aromatic nitrogens is 5. The lowest BCUT2D eigenvalue weighted by molar-refractivity contribution is -0.130. The minimum absolute atomic E-state index is 0.00722. The number of amides is 1. The van der Waals surface area contributed by atoms with Gasteiger partial charge in [-0.2, -0.15) is 4.98 Å². The molecule has 0 N–H and O–H groups in total. The maximum Gasteiger partial charge on any atom is 0.355 e. The molecule has 220 valence electrons. The number of hydrogen-bond acceptors (Lipinski definition) is 7. The van der Waals surface area contributed by atoms with Crippen molar-refractivity contribution in [1.82, 2.24) is 29.4 Å². The van der Waals surface area contributed by atoms with Gasteiger partial charge in [-0.15, -0.1) is 0 Å². The molecule has 9 nitrogen and oxygen atoms in total. The maximum atomic E-state index is 15.9. The van der Waals surface area contributed by atoms with E-state index in [1.54, 1.807) is 17.3 Å². The Morgan fingerprint density at radius 1 is 0.953 bits per heavy atom. The van der Waals surface area contributed by atoms with Crippen LogP contribution < -0.4 is 10.6 Å². The van der Waals surface area contributed by atoms with Gasteiger partial charge in [0.25, 0.3) is 0 Å². The zero-order valence-corrected chi connectivity index (χ0v) is 24.0. The van der Waals surface area contributed by atoms with E-state index in [0.29, 0.717) is 24.2 Å². The van der Waals surface area contributed by atoms with Crippen LogP contribution >= 0.6 is 0 Å². The molecule has 1 amide bonds. The van der Waals surface area contributed by atoms with Gasteiger partial charge in [0.2, 0.25) is 5.91 Å². The van der Waals surface area contributed by atoms with Gasteiger partial charge >= 0.3 is 5.69 Å². The number of carbonyl (C=O) groups is 1. The van der Waals surface area contributed by atoms with E-state index in [2.05, 4.69) is 26.5 Å². The van der Waals surface area contributed by atoms with E-state index in [-0.39, 0.29) is 52.5 Å². The van der Waals surface area contributed by atoms with Crippen LogP contribution in [0.5, 0.6) is 0 Å². The molecular formula is C32H31F2N7O2. The molecule has 2 atom stereocenters. The van der Waals surface area contributed by atoms with Crippen LogP contribution in [0, 0.1) is 11.6 Å². The smallest absolute Gasteiger partial charge is 0.352 e.